The Balaban J connectivity index is 3.56. The molecule has 0 aliphatic rings. The number of carbonyl (C=O) groups excluding carboxylic acids is 3. The lowest BCUT2D eigenvalue weighted by Gasteiger charge is -2.45. The first-order valence-corrected chi connectivity index (χ1v) is 12.0. The fourth-order valence-corrected chi connectivity index (χ4v) is 3.49. The second-order valence-corrected chi connectivity index (χ2v) is 11.7. The molecule has 0 aromatic heterocycles. The second-order valence-electron chi connectivity index (χ2n) is 11.7. The average molecular weight is 476 g/mol. The molecule has 7 nitrogen and oxygen atoms in total. The molecular formula is C27H45N3O4. The largest absolute Gasteiger partial charge is 0.444 e. The number of rotatable bonds is 7. The number of hydrogen-bond acceptors (Lipinski definition) is 4. The van der Waals surface area contributed by atoms with Gasteiger partial charge in [0.1, 0.15) is 17.7 Å². The van der Waals surface area contributed by atoms with Gasteiger partial charge in [-0.15, -0.1) is 0 Å². The van der Waals surface area contributed by atoms with E-state index in [0.717, 1.165) is 16.7 Å². The molecule has 0 saturated heterocycles. The van der Waals surface area contributed by atoms with Crippen LogP contribution in [0.5, 0.6) is 0 Å². The highest BCUT2D eigenvalue weighted by Gasteiger charge is 2.42. The predicted molar refractivity (Wildman–Crippen MR) is 137 cm³/mol. The maximum Gasteiger partial charge on any atom is 0.408 e. The van der Waals surface area contributed by atoms with Crippen molar-refractivity contribution in [2.45, 2.75) is 118 Å². The Hall–Kier alpha value is -2.57. The van der Waals surface area contributed by atoms with E-state index < -0.39 is 34.9 Å². The molecule has 0 heterocycles. The number of nitrogens with one attached hydrogen (secondary N) is 2. The number of ether oxygens (including phenoxy) is 1. The van der Waals surface area contributed by atoms with Gasteiger partial charge in [0.05, 0.1) is 0 Å². The third kappa shape index (κ3) is 8.33. The molecular weight excluding hydrogens is 430 g/mol. The molecule has 0 saturated carbocycles. The minimum absolute atomic E-state index is 0.268. The number of amides is 3. The molecule has 2 N–H and O–H groups in total. The van der Waals surface area contributed by atoms with Crippen molar-refractivity contribution >= 4 is 17.9 Å². The zero-order chi connectivity index (χ0) is 26.6. The zero-order valence-electron chi connectivity index (χ0n) is 23.2. The van der Waals surface area contributed by atoms with E-state index in [4.69, 9.17) is 4.74 Å². The van der Waals surface area contributed by atoms with Gasteiger partial charge in [-0.1, -0.05) is 25.1 Å². The number of carbonyl (C=O) groups is 3. The summed E-state index contributed by atoms with van der Waals surface area (Å²) in [6, 6.07) is 4.06. The Morgan fingerprint density at radius 1 is 0.971 bits per heavy atom. The predicted octanol–water partition coefficient (Wildman–Crippen LogP) is 5.19. The Morgan fingerprint density at radius 2 is 1.53 bits per heavy atom. The highest BCUT2D eigenvalue weighted by molar-refractivity contribution is 5.92. The van der Waals surface area contributed by atoms with E-state index in [0.29, 0.717) is 6.42 Å². The Morgan fingerprint density at radius 3 is 1.97 bits per heavy atom. The van der Waals surface area contributed by atoms with Gasteiger partial charge in [-0.05, 0) is 99.3 Å². The van der Waals surface area contributed by atoms with Crippen molar-refractivity contribution in [3.63, 3.8) is 0 Å². The first-order chi connectivity index (χ1) is 15.3. The molecule has 0 bridgehead atoms. The van der Waals surface area contributed by atoms with E-state index in [-0.39, 0.29) is 11.8 Å². The van der Waals surface area contributed by atoms with Crippen LogP contribution in [0.2, 0.25) is 0 Å². The third-order valence-corrected chi connectivity index (χ3v) is 5.71. The molecule has 34 heavy (non-hydrogen) atoms. The maximum atomic E-state index is 13.9. The minimum Gasteiger partial charge on any atom is -0.444 e. The molecule has 2 atom stereocenters. The first kappa shape index (κ1) is 29.5. The summed E-state index contributed by atoms with van der Waals surface area (Å²) < 4.78 is 5.34. The Bertz CT molecular complexity index is 894. The summed E-state index contributed by atoms with van der Waals surface area (Å²) in [7, 11) is 0. The van der Waals surface area contributed by atoms with Gasteiger partial charge in [0.25, 0.3) is 0 Å². The SMILES string of the molecule is CCC(C)(C)N(C(=O)C(C)NC(=O)OC(C)(C)C)C(C(=O)NC(C)(C)C)c1ccc(C)c(C)c1. The summed E-state index contributed by atoms with van der Waals surface area (Å²) in [4.78, 5) is 41.5. The van der Waals surface area contributed by atoms with Crippen LogP contribution in [0.1, 0.15) is 98.4 Å². The van der Waals surface area contributed by atoms with E-state index in [1.165, 1.54) is 0 Å². The van der Waals surface area contributed by atoms with E-state index >= 15 is 0 Å². The van der Waals surface area contributed by atoms with Crippen molar-refractivity contribution in [3.05, 3.63) is 34.9 Å². The molecule has 3 amide bonds. The van der Waals surface area contributed by atoms with Crippen molar-refractivity contribution in [1.29, 1.82) is 0 Å². The van der Waals surface area contributed by atoms with Gasteiger partial charge < -0.3 is 20.3 Å². The quantitative estimate of drug-likeness (QED) is 0.568. The average Bonchev–Trinajstić information content (AvgIpc) is 2.64. The fourth-order valence-electron chi connectivity index (χ4n) is 3.49. The molecule has 0 radical (unpaired) electrons. The van der Waals surface area contributed by atoms with Crippen LogP contribution < -0.4 is 10.6 Å². The summed E-state index contributed by atoms with van der Waals surface area (Å²) in [6.45, 7) is 22.5. The Labute approximate surface area is 206 Å². The van der Waals surface area contributed by atoms with Crippen molar-refractivity contribution in [3.8, 4) is 0 Å². The fraction of sp³-hybridized carbons (Fsp3) is 0.667. The summed E-state index contributed by atoms with van der Waals surface area (Å²) in [5, 5.41) is 5.69. The van der Waals surface area contributed by atoms with Crippen LogP contribution in [0, 0.1) is 13.8 Å². The van der Waals surface area contributed by atoms with E-state index in [1.807, 2.05) is 73.6 Å². The van der Waals surface area contributed by atoms with Crippen LogP contribution in [0.15, 0.2) is 18.2 Å². The number of aryl methyl sites for hydroxylation is 2. The zero-order valence-corrected chi connectivity index (χ0v) is 23.2. The standard InChI is InChI=1S/C27H45N3O4/c1-13-27(11,12)30(23(32)19(4)28-24(33)34-26(8,9)10)21(22(31)29-25(5,6)7)20-15-14-17(2)18(3)16-20/h14-16,19,21H,13H2,1-12H3,(H,28,33)(H,29,31). The summed E-state index contributed by atoms with van der Waals surface area (Å²) in [6.07, 6.45) is -0.0633. The maximum absolute atomic E-state index is 13.9. The van der Waals surface area contributed by atoms with Gasteiger partial charge in [0.15, 0.2) is 0 Å². The van der Waals surface area contributed by atoms with Gasteiger partial charge in [0, 0.05) is 11.1 Å². The van der Waals surface area contributed by atoms with Crippen LogP contribution in [-0.2, 0) is 14.3 Å². The molecule has 0 fully saturated rings. The van der Waals surface area contributed by atoms with Gasteiger partial charge >= 0.3 is 6.09 Å². The van der Waals surface area contributed by atoms with Crippen molar-refractivity contribution in [2.75, 3.05) is 0 Å². The van der Waals surface area contributed by atoms with Crippen LogP contribution in [0.4, 0.5) is 4.79 Å². The van der Waals surface area contributed by atoms with Crippen LogP contribution >= 0.6 is 0 Å². The molecule has 0 spiro atoms. The lowest BCUT2D eigenvalue weighted by atomic mass is 9.90. The number of nitrogens with zero attached hydrogens (tertiary/aromatic N) is 1. The molecule has 192 valence electrons. The summed E-state index contributed by atoms with van der Waals surface area (Å²) in [5.41, 5.74) is 1.02. The van der Waals surface area contributed by atoms with Crippen molar-refractivity contribution < 1.29 is 19.1 Å². The third-order valence-electron chi connectivity index (χ3n) is 5.71. The molecule has 0 aliphatic carbocycles. The molecule has 1 aromatic rings. The minimum atomic E-state index is -0.892. The van der Waals surface area contributed by atoms with Crippen molar-refractivity contribution in [2.24, 2.45) is 0 Å². The summed E-state index contributed by atoms with van der Waals surface area (Å²) in [5.74, 6) is -0.625. The second kappa shape index (κ2) is 10.8. The highest BCUT2D eigenvalue weighted by Crippen LogP contribution is 2.33. The molecule has 7 heteroatoms. The first-order valence-electron chi connectivity index (χ1n) is 12.0. The molecule has 1 rings (SSSR count). The van der Waals surface area contributed by atoms with Crippen molar-refractivity contribution in [1.82, 2.24) is 15.5 Å². The van der Waals surface area contributed by atoms with E-state index in [9.17, 15) is 14.4 Å². The van der Waals surface area contributed by atoms with E-state index in [2.05, 4.69) is 10.6 Å². The lowest BCUT2D eigenvalue weighted by molar-refractivity contribution is -0.149. The van der Waals surface area contributed by atoms with Crippen LogP contribution in [0.25, 0.3) is 0 Å². The van der Waals surface area contributed by atoms with Gasteiger partial charge in [0.2, 0.25) is 11.8 Å². The van der Waals surface area contributed by atoms with E-state index in [1.54, 1.807) is 32.6 Å². The molecule has 1 aromatic carbocycles. The van der Waals surface area contributed by atoms with Gasteiger partial charge in [-0.2, -0.15) is 0 Å². The lowest BCUT2D eigenvalue weighted by Crippen LogP contribution is -2.59. The Kier molecular flexibility index (Phi) is 9.35. The molecule has 0 aliphatic heterocycles. The molecule has 2 unspecified atom stereocenters. The smallest absolute Gasteiger partial charge is 0.408 e. The van der Waals surface area contributed by atoms with Gasteiger partial charge in [-0.3, -0.25) is 9.59 Å². The normalized spacial score (nSPS) is 14.1. The monoisotopic (exact) mass is 475 g/mol. The van der Waals surface area contributed by atoms with Gasteiger partial charge in [-0.25, -0.2) is 4.79 Å². The number of alkyl carbamates (subject to hydrolysis) is 1. The van der Waals surface area contributed by atoms with Crippen LogP contribution in [0.3, 0.4) is 0 Å². The highest BCUT2D eigenvalue weighted by atomic mass is 16.6. The number of benzene rings is 1. The topological polar surface area (TPSA) is 87.7 Å². The number of hydrogen-bond donors (Lipinski definition) is 2. The van der Waals surface area contributed by atoms with Crippen LogP contribution in [-0.4, -0.2) is 45.5 Å². The summed E-state index contributed by atoms with van der Waals surface area (Å²) >= 11 is 0.